The summed E-state index contributed by atoms with van der Waals surface area (Å²) in [4.78, 5) is 11.7. The fraction of sp³-hybridized carbons (Fsp3) is 0.462. The largest absolute Gasteiger partial charge is 0.380 e. The Balaban J connectivity index is 2.54. The maximum atomic E-state index is 11.7. The molecular formula is C13H19BrN2O2. The maximum Gasteiger partial charge on any atom is 0.319 e. The van der Waals surface area contributed by atoms with Crippen LogP contribution in [0.1, 0.15) is 18.1 Å². The topological polar surface area (TPSA) is 50.4 Å². The third-order valence-electron chi connectivity index (χ3n) is 2.47. The molecule has 4 nitrogen and oxygen atoms in total. The van der Waals surface area contributed by atoms with Gasteiger partial charge in [-0.1, -0.05) is 15.9 Å². The minimum atomic E-state index is -0.205. The molecule has 5 heteroatoms. The van der Waals surface area contributed by atoms with Gasteiger partial charge in [-0.2, -0.15) is 0 Å². The third kappa shape index (κ3) is 4.66. The quantitative estimate of drug-likeness (QED) is 0.820. The second kappa shape index (κ2) is 7.38. The number of rotatable bonds is 5. The Bertz CT molecular complexity index is 398. The number of carbonyl (C=O) groups excluding carboxylic acids is 1. The van der Waals surface area contributed by atoms with E-state index in [4.69, 9.17) is 4.74 Å². The van der Waals surface area contributed by atoms with Crippen LogP contribution < -0.4 is 10.6 Å². The number of benzene rings is 1. The van der Waals surface area contributed by atoms with Gasteiger partial charge in [-0.25, -0.2) is 4.79 Å². The summed E-state index contributed by atoms with van der Waals surface area (Å²) in [6, 6.07) is 3.74. The zero-order valence-corrected chi connectivity index (χ0v) is 12.6. The molecule has 1 rings (SSSR count). The van der Waals surface area contributed by atoms with Gasteiger partial charge in [0, 0.05) is 23.3 Å². The first-order chi connectivity index (χ1) is 8.54. The number of ether oxygens (including phenoxy) is 1. The highest BCUT2D eigenvalue weighted by Crippen LogP contribution is 2.24. The summed E-state index contributed by atoms with van der Waals surface area (Å²) in [5.41, 5.74) is 2.91. The molecular weight excluding hydrogens is 296 g/mol. The number of hydrogen-bond donors (Lipinski definition) is 2. The zero-order chi connectivity index (χ0) is 13.5. The molecule has 0 heterocycles. The highest BCUT2D eigenvalue weighted by Gasteiger charge is 2.07. The highest BCUT2D eigenvalue weighted by atomic mass is 79.9. The summed E-state index contributed by atoms with van der Waals surface area (Å²) < 4.78 is 6.16. The Morgan fingerprint density at radius 3 is 2.50 bits per heavy atom. The number of carbonyl (C=O) groups is 1. The van der Waals surface area contributed by atoms with Crippen molar-refractivity contribution in [3.05, 3.63) is 27.7 Å². The maximum absolute atomic E-state index is 11.7. The molecule has 0 aliphatic heterocycles. The van der Waals surface area contributed by atoms with E-state index in [2.05, 4.69) is 26.6 Å². The van der Waals surface area contributed by atoms with Gasteiger partial charge >= 0.3 is 6.03 Å². The van der Waals surface area contributed by atoms with E-state index in [9.17, 15) is 4.79 Å². The van der Waals surface area contributed by atoms with Crippen LogP contribution in [0, 0.1) is 13.8 Å². The molecule has 2 N–H and O–H groups in total. The molecule has 2 amide bonds. The lowest BCUT2D eigenvalue weighted by atomic mass is 10.1. The van der Waals surface area contributed by atoms with Gasteiger partial charge in [-0.3, -0.25) is 0 Å². The smallest absolute Gasteiger partial charge is 0.319 e. The van der Waals surface area contributed by atoms with Crippen molar-refractivity contribution < 1.29 is 9.53 Å². The van der Waals surface area contributed by atoms with Gasteiger partial charge in [0.25, 0.3) is 0 Å². The SMILES string of the molecule is CCOCCNC(=O)Nc1c(C)cc(Br)cc1C. The van der Waals surface area contributed by atoms with Gasteiger partial charge in [-0.15, -0.1) is 0 Å². The molecule has 0 saturated carbocycles. The number of halogens is 1. The van der Waals surface area contributed by atoms with Crippen LogP contribution in [0.15, 0.2) is 16.6 Å². The molecule has 0 saturated heterocycles. The summed E-state index contributed by atoms with van der Waals surface area (Å²) in [6.07, 6.45) is 0. The van der Waals surface area contributed by atoms with Crippen LogP contribution in [-0.2, 0) is 4.74 Å². The van der Waals surface area contributed by atoms with Crippen molar-refractivity contribution in [1.29, 1.82) is 0 Å². The minimum Gasteiger partial charge on any atom is -0.380 e. The lowest BCUT2D eigenvalue weighted by molar-refractivity contribution is 0.150. The first kappa shape index (κ1) is 15.0. The van der Waals surface area contributed by atoms with E-state index in [0.717, 1.165) is 21.3 Å². The fourth-order valence-corrected chi connectivity index (χ4v) is 2.33. The van der Waals surface area contributed by atoms with Crippen molar-refractivity contribution in [3.63, 3.8) is 0 Å². The molecule has 0 spiro atoms. The van der Waals surface area contributed by atoms with Gasteiger partial charge in [-0.05, 0) is 44.0 Å². The van der Waals surface area contributed by atoms with Gasteiger partial charge in [0.1, 0.15) is 0 Å². The second-order valence-electron chi connectivity index (χ2n) is 3.99. The van der Waals surface area contributed by atoms with Crippen molar-refractivity contribution in [2.45, 2.75) is 20.8 Å². The molecule has 1 aromatic carbocycles. The number of hydrogen-bond acceptors (Lipinski definition) is 2. The van der Waals surface area contributed by atoms with Gasteiger partial charge < -0.3 is 15.4 Å². The number of aryl methyl sites for hydroxylation is 2. The first-order valence-electron chi connectivity index (χ1n) is 5.94. The monoisotopic (exact) mass is 314 g/mol. The van der Waals surface area contributed by atoms with E-state index < -0.39 is 0 Å². The van der Waals surface area contributed by atoms with Crippen molar-refractivity contribution in [2.24, 2.45) is 0 Å². The van der Waals surface area contributed by atoms with Gasteiger partial charge in [0.2, 0.25) is 0 Å². The molecule has 100 valence electrons. The molecule has 1 aromatic rings. The molecule has 0 aromatic heterocycles. The van der Waals surface area contributed by atoms with E-state index in [1.807, 2.05) is 32.9 Å². The van der Waals surface area contributed by atoms with Crippen molar-refractivity contribution in [3.8, 4) is 0 Å². The summed E-state index contributed by atoms with van der Waals surface area (Å²) in [5, 5.41) is 5.60. The van der Waals surface area contributed by atoms with Crippen LogP contribution in [0.2, 0.25) is 0 Å². The van der Waals surface area contributed by atoms with Gasteiger partial charge in [0.15, 0.2) is 0 Å². The molecule has 0 radical (unpaired) electrons. The Kier molecular flexibility index (Phi) is 6.15. The fourth-order valence-electron chi connectivity index (χ4n) is 1.65. The molecule has 0 atom stereocenters. The van der Waals surface area contributed by atoms with Crippen LogP contribution in [0.3, 0.4) is 0 Å². The normalized spacial score (nSPS) is 10.2. The lowest BCUT2D eigenvalue weighted by Gasteiger charge is -2.13. The molecule has 18 heavy (non-hydrogen) atoms. The van der Waals surface area contributed by atoms with Crippen LogP contribution in [0.25, 0.3) is 0 Å². The summed E-state index contributed by atoms with van der Waals surface area (Å²) >= 11 is 3.43. The lowest BCUT2D eigenvalue weighted by Crippen LogP contribution is -2.32. The number of urea groups is 1. The Morgan fingerprint density at radius 2 is 1.94 bits per heavy atom. The van der Waals surface area contributed by atoms with E-state index in [1.165, 1.54) is 0 Å². The van der Waals surface area contributed by atoms with Gasteiger partial charge in [0.05, 0.1) is 6.61 Å². The van der Waals surface area contributed by atoms with Crippen LogP contribution in [-0.4, -0.2) is 25.8 Å². The van der Waals surface area contributed by atoms with E-state index >= 15 is 0 Å². The van der Waals surface area contributed by atoms with Crippen molar-refractivity contribution in [1.82, 2.24) is 5.32 Å². The Labute approximate surface area is 116 Å². The molecule has 0 aliphatic rings. The first-order valence-corrected chi connectivity index (χ1v) is 6.73. The van der Waals surface area contributed by atoms with Crippen LogP contribution in [0.5, 0.6) is 0 Å². The molecule has 0 bridgehead atoms. The Morgan fingerprint density at radius 1 is 1.33 bits per heavy atom. The summed E-state index contributed by atoms with van der Waals surface area (Å²) in [7, 11) is 0. The standard InChI is InChI=1S/C13H19BrN2O2/c1-4-18-6-5-15-13(17)16-12-9(2)7-11(14)8-10(12)3/h7-8H,4-6H2,1-3H3,(H2,15,16,17). The van der Waals surface area contributed by atoms with E-state index in [1.54, 1.807) is 0 Å². The van der Waals surface area contributed by atoms with E-state index in [-0.39, 0.29) is 6.03 Å². The predicted octanol–water partition coefficient (Wildman–Crippen LogP) is 3.22. The number of nitrogens with one attached hydrogen (secondary N) is 2. The predicted molar refractivity (Wildman–Crippen MR) is 77.1 cm³/mol. The van der Waals surface area contributed by atoms with Crippen LogP contribution >= 0.6 is 15.9 Å². The molecule has 0 aliphatic carbocycles. The number of amides is 2. The summed E-state index contributed by atoms with van der Waals surface area (Å²) in [5.74, 6) is 0. The summed E-state index contributed by atoms with van der Waals surface area (Å²) in [6.45, 7) is 7.56. The minimum absolute atomic E-state index is 0.205. The average molecular weight is 315 g/mol. The molecule has 0 fully saturated rings. The molecule has 0 unspecified atom stereocenters. The third-order valence-corrected chi connectivity index (χ3v) is 2.93. The number of anilines is 1. The van der Waals surface area contributed by atoms with Crippen molar-refractivity contribution >= 4 is 27.6 Å². The highest BCUT2D eigenvalue weighted by molar-refractivity contribution is 9.10. The average Bonchev–Trinajstić information content (AvgIpc) is 2.29. The van der Waals surface area contributed by atoms with Crippen molar-refractivity contribution in [2.75, 3.05) is 25.1 Å². The zero-order valence-electron chi connectivity index (χ0n) is 11.0. The van der Waals surface area contributed by atoms with Crippen LogP contribution in [0.4, 0.5) is 10.5 Å². The second-order valence-corrected chi connectivity index (χ2v) is 4.91. The van der Waals surface area contributed by atoms with E-state index in [0.29, 0.717) is 19.8 Å². The Hall–Kier alpha value is -1.07.